The molecule has 4 rings (SSSR count). The van der Waals surface area contributed by atoms with Gasteiger partial charge in [-0.2, -0.15) is 0 Å². The molecule has 0 aliphatic carbocycles. The van der Waals surface area contributed by atoms with Gasteiger partial charge < -0.3 is 19.9 Å². The summed E-state index contributed by atoms with van der Waals surface area (Å²) in [6.07, 6.45) is 1.48. The van der Waals surface area contributed by atoms with Gasteiger partial charge in [0.05, 0.1) is 23.2 Å². The Balaban J connectivity index is 1.69. The van der Waals surface area contributed by atoms with Crippen molar-refractivity contribution in [2.24, 2.45) is 0 Å². The van der Waals surface area contributed by atoms with Crippen LogP contribution in [0.3, 0.4) is 0 Å². The minimum atomic E-state index is -0.736. The average Bonchev–Trinajstić information content (AvgIpc) is 2.69. The third-order valence-electron chi connectivity index (χ3n) is 4.67. The lowest BCUT2D eigenvalue weighted by atomic mass is 10.0. The van der Waals surface area contributed by atoms with Crippen molar-refractivity contribution in [3.63, 3.8) is 0 Å². The Bertz CT molecular complexity index is 1290. The molecule has 0 aliphatic heterocycles. The molecule has 0 atom stereocenters. The number of anilines is 1. The first-order valence-electron chi connectivity index (χ1n) is 8.56. The van der Waals surface area contributed by atoms with E-state index in [1.165, 1.54) is 12.1 Å². The summed E-state index contributed by atoms with van der Waals surface area (Å²) in [6.45, 7) is 1.67. The molecule has 2 aromatic heterocycles. The number of pyridine rings is 1. The zero-order valence-electron chi connectivity index (χ0n) is 14.9. The fraction of sp³-hybridized carbons (Fsp3) is 0.0952. The van der Waals surface area contributed by atoms with Gasteiger partial charge in [-0.1, -0.05) is 6.07 Å². The van der Waals surface area contributed by atoms with Crippen LogP contribution in [0.25, 0.3) is 21.9 Å². The Labute approximate surface area is 158 Å². The van der Waals surface area contributed by atoms with E-state index in [4.69, 9.17) is 4.42 Å². The molecule has 28 heavy (non-hydrogen) atoms. The highest BCUT2D eigenvalue weighted by Crippen LogP contribution is 2.34. The molecule has 0 saturated carbocycles. The van der Waals surface area contributed by atoms with Gasteiger partial charge in [0, 0.05) is 17.0 Å². The number of aromatic nitrogens is 1. The van der Waals surface area contributed by atoms with Gasteiger partial charge in [0.2, 0.25) is 11.7 Å². The van der Waals surface area contributed by atoms with Crippen molar-refractivity contribution in [2.45, 2.75) is 13.3 Å². The summed E-state index contributed by atoms with van der Waals surface area (Å²) in [7, 11) is 0. The van der Waals surface area contributed by atoms with E-state index in [0.717, 1.165) is 10.9 Å². The quantitative estimate of drug-likeness (QED) is 0.374. The Morgan fingerprint density at radius 1 is 1.11 bits per heavy atom. The third-order valence-corrected chi connectivity index (χ3v) is 4.67. The summed E-state index contributed by atoms with van der Waals surface area (Å²) in [6, 6.07) is 11.9. The van der Waals surface area contributed by atoms with Crippen LogP contribution in [-0.2, 0) is 11.2 Å². The number of nitrogens with one attached hydrogen (secondary N) is 1. The SMILES string of the molecule is Cc1c(CC(=O)Nc2cccc3ncccc23)c(=O)oc2c(O)c(O)ccc12. The smallest absolute Gasteiger partial charge is 0.340 e. The molecule has 1 amide bonds. The van der Waals surface area contributed by atoms with Crippen molar-refractivity contribution in [1.29, 1.82) is 0 Å². The summed E-state index contributed by atoms with van der Waals surface area (Å²) in [5.41, 5.74) is 1.20. The molecule has 0 fully saturated rings. The molecule has 7 heteroatoms. The highest BCUT2D eigenvalue weighted by molar-refractivity contribution is 6.02. The van der Waals surface area contributed by atoms with Crippen LogP contribution >= 0.6 is 0 Å². The summed E-state index contributed by atoms with van der Waals surface area (Å²) in [4.78, 5) is 29.2. The summed E-state index contributed by atoms with van der Waals surface area (Å²) in [5.74, 6) is -1.27. The van der Waals surface area contributed by atoms with E-state index in [1.807, 2.05) is 12.1 Å². The second-order valence-corrected chi connectivity index (χ2v) is 6.40. The third kappa shape index (κ3) is 2.92. The van der Waals surface area contributed by atoms with E-state index >= 15 is 0 Å². The van der Waals surface area contributed by atoms with Crippen LogP contribution in [0.1, 0.15) is 11.1 Å². The van der Waals surface area contributed by atoms with Gasteiger partial charge in [0.25, 0.3) is 0 Å². The van der Waals surface area contributed by atoms with Crippen LogP contribution in [0.4, 0.5) is 5.69 Å². The fourth-order valence-electron chi connectivity index (χ4n) is 3.20. The Kier molecular flexibility index (Phi) is 4.19. The van der Waals surface area contributed by atoms with Crippen molar-refractivity contribution < 1.29 is 19.4 Å². The lowest BCUT2D eigenvalue weighted by Gasteiger charge is -2.11. The molecule has 2 aromatic carbocycles. The summed E-state index contributed by atoms with van der Waals surface area (Å²) < 4.78 is 5.15. The zero-order chi connectivity index (χ0) is 19.8. The number of fused-ring (bicyclic) bond motifs is 2. The minimum Gasteiger partial charge on any atom is -0.504 e. The van der Waals surface area contributed by atoms with Crippen LogP contribution in [0.5, 0.6) is 11.5 Å². The average molecular weight is 376 g/mol. The Hall–Kier alpha value is -3.87. The second kappa shape index (κ2) is 6.70. The number of benzene rings is 2. The topological polar surface area (TPSA) is 113 Å². The molecule has 0 radical (unpaired) electrons. The van der Waals surface area contributed by atoms with Crippen LogP contribution in [0.15, 0.2) is 57.9 Å². The van der Waals surface area contributed by atoms with E-state index in [9.17, 15) is 19.8 Å². The predicted octanol–water partition coefficient (Wildman–Crippen LogP) is 3.24. The maximum absolute atomic E-state index is 12.6. The van der Waals surface area contributed by atoms with Gasteiger partial charge in [0.1, 0.15) is 0 Å². The number of carbonyl (C=O) groups excluding carboxylic acids is 1. The second-order valence-electron chi connectivity index (χ2n) is 6.40. The fourth-order valence-corrected chi connectivity index (χ4v) is 3.20. The van der Waals surface area contributed by atoms with Crippen molar-refractivity contribution in [3.05, 3.63) is 70.2 Å². The van der Waals surface area contributed by atoms with Gasteiger partial charge in [-0.25, -0.2) is 4.79 Å². The first-order valence-corrected chi connectivity index (χ1v) is 8.56. The molecule has 0 aliphatic rings. The molecule has 7 nitrogen and oxygen atoms in total. The predicted molar refractivity (Wildman–Crippen MR) is 105 cm³/mol. The van der Waals surface area contributed by atoms with E-state index in [-0.39, 0.29) is 29.2 Å². The highest BCUT2D eigenvalue weighted by Gasteiger charge is 2.18. The lowest BCUT2D eigenvalue weighted by molar-refractivity contribution is -0.115. The van der Waals surface area contributed by atoms with Crippen LogP contribution in [0.2, 0.25) is 0 Å². The number of aromatic hydroxyl groups is 2. The number of phenolic OH excluding ortho intramolecular Hbond substituents is 2. The Morgan fingerprint density at radius 2 is 1.93 bits per heavy atom. The standard InChI is InChI=1S/C21H16N2O5/c1-11-12-7-8-17(24)19(26)20(12)28-21(27)14(11)10-18(25)23-16-6-2-5-15-13(16)4-3-9-22-15/h2-9,24,26H,10H2,1H3,(H,23,25). The van der Waals surface area contributed by atoms with E-state index in [1.54, 1.807) is 31.3 Å². The number of rotatable bonds is 3. The highest BCUT2D eigenvalue weighted by atomic mass is 16.4. The van der Waals surface area contributed by atoms with Gasteiger partial charge in [-0.15, -0.1) is 0 Å². The number of hydrogen-bond donors (Lipinski definition) is 3. The molecule has 0 spiro atoms. The van der Waals surface area contributed by atoms with E-state index < -0.39 is 11.4 Å². The molecule has 2 heterocycles. The largest absolute Gasteiger partial charge is 0.504 e. The van der Waals surface area contributed by atoms with Crippen molar-refractivity contribution in [3.8, 4) is 11.5 Å². The van der Waals surface area contributed by atoms with E-state index in [0.29, 0.717) is 16.6 Å². The first kappa shape index (κ1) is 17.5. The molecular weight excluding hydrogens is 360 g/mol. The van der Waals surface area contributed by atoms with E-state index in [2.05, 4.69) is 10.3 Å². The van der Waals surface area contributed by atoms with Crippen LogP contribution in [-0.4, -0.2) is 21.1 Å². The molecule has 0 bridgehead atoms. The molecule has 3 N–H and O–H groups in total. The van der Waals surface area contributed by atoms with Crippen molar-refractivity contribution in [1.82, 2.24) is 4.98 Å². The number of carbonyl (C=O) groups is 1. The first-order chi connectivity index (χ1) is 13.5. The zero-order valence-corrected chi connectivity index (χ0v) is 14.9. The number of hydrogen-bond acceptors (Lipinski definition) is 6. The molecule has 0 unspecified atom stereocenters. The molecular formula is C21H16N2O5. The molecule has 140 valence electrons. The number of amides is 1. The lowest BCUT2D eigenvalue weighted by Crippen LogP contribution is -2.20. The van der Waals surface area contributed by atoms with Crippen molar-refractivity contribution in [2.75, 3.05) is 5.32 Å². The summed E-state index contributed by atoms with van der Waals surface area (Å²) in [5, 5.41) is 23.5. The number of phenols is 2. The number of nitrogens with zero attached hydrogens (tertiary/aromatic N) is 1. The molecule has 4 aromatic rings. The normalized spacial score (nSPS) is 11.0. The van der Waals surface area contributed by atoms with Gasteiger partial charge in [-0.05, 0) is 48.9 Å². The Morgan fingerprint density at radius 3 is 2.75 bits per heavy atom. The maximum atomic E-state index is 12.6. The minimum absolute atomic E-state index is 0.105. The summed E-state index contributed by atoms with van der Waals surface area (Å²) >= 11 is 0. The number of aryl methyl sites for hydroxylation is 1. The monoisotopic (exact) mass is 376 g/mol. The maximum Gasteiger partial charge on any atom is 0.340 e. The van der Waals surface area contributed by atoms with Crippen molar-refractivity contribution >= 4 is 33.5 Å². The van der Waals surface area contributed by atoms with Gasteiger partial charge in [-0.3, -0.25) is 9.78 Å². The van der Waals surface area contributed by atoms with Crippen LogP contribution in [0, 0.1) is 6.92 Å². The van der Waals surface area contributed by atoms with Crippen LogP contribution < -0.4 is 10.9 Å². The van der Waals surface area contributed by atoms with Gasteiger partial charge in [0.15, 0.2) is 11.3 Å². The van der Waals surface area contributed by atoms with Gasteiger partial charge >= 0.3 is 5.63 Å². The molecule has 0 saturated heterocycles.